The first-order valence-electron chi connectivity index (χ1n) is 10.8. The van der Waals surface area contributed by atoms with Crippen molar-refractivity contribution < 1.29 is 14.3 Å². The Bertz CT molecular complexity index is 1110. The van der Waals surface area contributed by atoms with E-state index in [4.69, 9.17) is 4.74 Å². The minimum atomic E-state index is -0.177. The van der Waals surface area contributed by atoms with E-state index < -0.39 is 0 Å². The van der Waals surface area contributed by atoms with Crippen LogP contribution in [0.4, 0.5) is 10.3 Å². The van der Waals surface area contributed by atoms with E-state index in [9.17, 15) is 9.59 Å². The third-order valence-corrected chi connectivity index (χ3v) is 7.38. The molecule has 1 atom stereocenters. The maximum absolute atomic E-state index is 12.9. The molecule has 3 aromatic rings. The zero-order valence-electron chi connectivity index (χ0n) is 18.9. The van der Waals surface area contributed by atoms with E-state index in [1.807, 2.05) is 48.4 Å². The van der Waals surface area contributed by atoms with E-state index in [2.05, 4.69) is 20.6 Å². The van der Waals surface area contributed by atoms with Gasteiger partial charge in [0.15, 0.2) is 10.3 Å². The monoisotopic (exact) mass is 485 g/mol. The van der Waals surface area contributed by atoms with Crippen LogP contribution in [0.15, 0.2) is 29.6 Å². The van der Waals surface area contributed by atoms with Gasteiger partial charge >= 0.3 is 0 Å². The molecule has 0 radical (unpaired) electrons. The van der Waals surface area contributed by atoms with Gasteiger partial charge in [0.05, 0.1) is 31.0 Å². The number of amides is 2. The smallest absolute Gasteiger partial charge is 0.240 e. The number of methoxy groups -OCH3 is 1. The van der Waals surface area contributed by atoms with Crippen LogP contribution in [0.1, 0.15) is 23.4 Å². The average Bonchev–Trinajstić information content (AvgIpc) is 3.39. The molecule has 3 heterocycles. The van der Waals surface area contributed by atoms with Crippen LogP contribution in [0, 0.1) is 19.8 Å². The van der Waals surface area contributed by atoms with Gasteiger partial charge in [-0.15, -0.1) is 22.7 Å². The van der Waals surface area contributed by atoms with E-state index in [0.717, 1.165) is 47.0 Å². The number of carbonyl (C=O) groups excluding carboxylic acids is 2. The van der Waals surface area contributed by atoms with E-state index in [1.54, 1.807) is 7.11 Å². The molecule has 2 N–H and O–H groups in total. The first-order valence-corrected chi connectivity index (χ1v) is 12.5. The first-order chi connectivity index (χ1) is 15.9. The number of piperidine rings is 1. The summed E-state index contributed by atoms with van der Waals surface area (Å²) in [5.74, 6) is 0.454. The van der Waals surface area contributed by atoms with Gasteiger partial charge in [-0.05, 0) is 57.5 Å². The van der Waals surface area contributed by atoms with Crippen LogP contribution in [0.3, 0.4) is 0 Å². The summed E-state index contributed by atoms with van der Waals surface area (Å²) in [5.41, 5.74) is 2.71. The number of ether oxygens (including phenoxy) is 1. The normalized spacial score (nSPS) is 16.4. The molecule has 0 bridgehead atoms. The summed E-state index contributed by atoms with van der Waals surface area (Å²) in [6, 6.07) is 7.66. The van der Waals surface area contributed by atoms with Crippen molar-refractivity contribution in [2.45, 2.75) is 26.7 Å². The molecule has 0 aliphatic carbocycles. The van der Waals surface area contributed by atoms with Gasteiger partial charge in [0.1, 0.15) is 5.75 Å². The van der Waals surface area contributed by atoms with E-state index >= 15 is 0 Å². The summed E-state index contributed by atoms with van der Waals surface area (Å²) >= 11 is 2.88. The summed E-state index contributed by atoms with van der Waals surface area (Å²) in [6.07, 6.45) is 1.67. The van der Waals surface area contributed by atoms with Crippen molar-refractivity contribution >= 4 is 44.8 Å². The van der Waals surface area contributed by atoms with Crippen molar-refractivity contribution in [1.29, 1.82) is 0 Å². The maximum atomic E-state index is 12.9. The second-order valence-electron chi connectivity index (χ2n) is 8.04. The largest absolute Gasteiger partial charge is 0.497 e. The van der Waals surface area contributed by atoms with Gasteiger partial charge < -0.3 is 15.4 Å². The van der Waals surface area contributed by atoms with Gasteiger partial charge in [0.2, 0.25) is 11.8 Å². The maximum Gasteiger partial charge on any atom is 0.240 e. The van der Waals surface area contributed by atoms with Crippen LogP contribution in [-0.4, -0.2) is 53.4 Å². The number of nitrogens with one attached hydrogen (secondary N) is 2. The minimum Gasteiger partial charge on any atom is -0.497 e. The average molecular weight is 486 g/mol. The number of thiazole rings is 2. The predicted octanol–water partition coefficient (Wildman–Crippen LogP) is 4.18. The second kappa shape index (κ2) is 10.4. The van der Waals surface area contributed by atoms with Gasteiger partial charge in [-0.25, -0.2) is 9.97 Å². The second-order valence-corrected chi connectivity index (χ2v) is 10.1. The molecule has 1 unspecified atom stereocenters. The highest BCUT2D eigenvalue weighted by Gasteiger charge is 2.27. The van der Waals surface area contributed by atoms with Crippen LogP contribution >= 0.6 is 22.7 Å². The molecule has 33 heavy (non-hydrogen) atoms. The number of carbonyl (C=O) groups is 2. The lowest BCUT2D eigenvalue weighted by Gasteiger charge is -2.31. The molecule has 2 amide bonds. The highest BCUT2D eigenvalue weighted by atomic mass is 32.1. The Balaban J connectivity index is 1.30. The third kappa shape index (κ3) is 5.95. The van der Waals surface area contributed by atoms with Gasteiger partial charge in [-0.2, -0.15) is 0 Å². The van der Waals surface area contributed by atoms with Crippen molar-refractivity contribution in [2.24, 2.45) is 5.92 Å². The number of rotatable bonds is 7. The minimum absolute atomic E-state index is 0.0538. The predicted molar refractivity (Wildman–Crippen MR) is 132 cm³/mol. The quantitative estimate of drug-likeness (QED) is 0.521. The molecule has 2 aromatic heterocycles. The number of hydrogen-bond acceptors (Lipinski definition) is 8. The Hall–Kier alpha value is -2.82. The van der Waals surface area contributed by atoms with Crippen molar-refractivity contribution in [3.63, 3.8) is 0 Å². The summed E-state index contributed by atoms with van der Waals surface area (Å²) < 4.78 is 5.19. The van der Waals surface area contributed by atoms with Gasteiger partial charge in [-0.1, -0.05) is 0 Å². The van der Waals surface area contributed by atoms with Gasteiger partial charge in [0.25, 0.3) is 0 Å². The number of aromatic nitrogens is 2. The van der Waals surface area contributed by atoms with Crippen molar-refractivity contribution in [3.05, 3.63) is 40.2 Å². The number of aryl methyl sites for hydroxylation is 2. The molecule has 1 aliphatic heterocycles. The van der Waals surface area contributed by atoms with Crippen molar-refractivity contribution in [2.75, 3.05) is 37.4 Å². The Morgan fingerprint density at radius 2 is 1.94 bits per heavy atom. The summed E-state index contributed by atoms with van der Waals surface area (Å²) in [7, 11) is 1.63. The van der Waals surface area contributed by atoms with E-state index in [-0.39, 0.29) is 24.3 Å². The standard InChI is InChI=1S/C23H27N5O3S2/c1-14-15(2)33-23(24-14)26-20(29)12-28-10-4-5-17(11-28)21(30)27-22-25-19(13-32-22)16-6-8-18(31-3)9-7-16/h6-9,13,17H,4-5,10-12H2,1-3H3,(H,24,26,29)(H,25,27,30). The van der Waals surface area contributed by atoms with Crippen LogP contribution in [-0.2, 0) is 9.59 Å². The Morgan fingerprint density at radius 1 is 1.15 bits per heavy atom. The zero-order chi connectivity index (χ0) is 23.4. The Labute approximate surface area is 201 Å². The number of hydrogen-bond donors (Lipinski definition) is 2. The first kappa shape index (κ1) is 23.3. The summed E-state index contributed by atoms with van der Waals surface area (Å²) in [6.45, 7) is 5.51. The topological polar surface area (TPSA) is 96.5 Å². The molecule has 174 valence electrons. The van der Waals surface area contributed by atoms with Crippen LogP contribution in [0.25, 0.3) is 11.3 Å². The third-order valence-electron chi connectivity index (χ3n) is 5.64. The molecule has 4 rings (SSSR count). The molecule has 10 heteroatoms. The lowest BCUT2D eigenvalue weighted by atomic mass is 9.97. The highest BCUT2D eigenvalue weighted by Crippen LogP contribution is 2.27. The molecule has 1 saturated heterocycles. The molecule has 1 aromatic carbocycles. The SMILES string of the molecule is COc1ccc(-c2csc(NC(=O)C3CCCN(CC(=O)Nc4nc(C)c(C)s4)C3)n2)cc1. The molecule has 1 fully saturated rings. The lowest BCUT2D eigenvalue weighted by Crippen LogP contribution is -2.43. The fourth-order valence-electron chi connectivity index (χ4n) is 3.73. The fourth-order valence-corrected chi connectivity index (χ4v) is 5.29. The van der Waals surface area contributed by atoms with Crippen molar-refractivity contribution in [1.82, 2.24) is 14.9 Å². The number of anilines is 2. The highest BCUT2D eigenvalue weighted by molar-refractivity contribution is 7.15. The molecule has 8 nitrogen and oxygen atoms in total. The lowest BCUT2D eigenvalue weighted by molar-refractivity contribution is -0.123. The Kier molecular flexibility index (Phi) is 7.36. The molecular weight excluding hydrogens is 458 g/mol. The van der Waals surface area contributed by atoms with Crippen LogP contribution < -0.4 is 15.4 Å². The Morgan fingerprint density at radius 3 is 2.64 bits per heavy atom. The molecule has 0 saturated carbocycles. The van der Waals surface area contributed by atoms with Crippen molar-refractivity contribution in [3.8, 4) is 17.0 Å². The van der Waals surface area contributed by atoms with Gasteiger partial charge in [-0.3, -0.25) is 14.5 Å². The molecular formula is C23H27N5O3S2. The summed E-state index contributed by atoms with van der Waals surface area (Å²) in [5, 5.41) is 8.95. The van der Waals surface area contributed by atoms with E-state index in [1.165, 1.54) is 22.7 Å². The summed E-state index contributed by atoms with van der Waals surface area (Å²) in [4.78, 5) is 37.3. The number of likely N-dealkylation sites (tertiary alicyclic amines) is 1. The van der Waals surface area contributed by atoms with Crippen LogP contribution in [0.2, 0.25) is 0 Å². The van der Waals surface area contributed by atoms with Crippen LogP contribution in [0.5, 0.6) is 5.75 Å². The number of benzene rings is 1. The van der Waals surface area contributed by atoms with Gasteiger partial charge in [0, 0.05) is 22.4 Å². The fraction of sp³-hybridized carbons (Fsp3) is 0.391. The molecule has 1 aliphatic rings. The van der Waals surface area contributed by atoms with E-state index in [0.29, 0.717) is 16.8 Å². The number of nitrogens with zero attached hydrogens (tertiary/aromatic N) is 3. The zero-order valence-corrected chi connectivity index (χ0v) is 20.5. The molecule has 0 spiro atoms.